The summed E-state index contributed by atoms with van der Waals surface area (Å²) in [5.41, 5.74) is 5.80. The second-order valence-corrected chi connectivity index (χ2v) is 5.89. The number of thioether (sulfide) groups is 1. The number of nitrogens with one attached hydrogen (secondary N) is 1. The minimum Gasteiger partial charge on any atom is -0.356 e. The summed E-state index contributed by atoms with van der Waals surface area (Å²) in [4.78, 5) is 11.8. The number of rotatable bonds is 3. The molecule has 2 rings (SSSR count). The maximum Gasteiger partial charge on any atom is 0.223 e. The summed E-state index contributed by atoms with van der Waals surface area (Å²) in [5, 5.41) is 3.08. The summed E-state index contributed by atoms with van der Waals surface area (Å²) in [6.07, 6.45) is 4.13. The largest absolute Gasteiger partial charge is 0.356 e. The van der Waals surface area contributed by atoms with Crippen molar-refractivity contribution in [1.29, 1.82) is 0 Å². The molecule has 1 heterocycles. The lowest BCUT2D eigenvalue weighted by Crippen LogP contribution is -2.34. The first kappa shape index (κ1) is 11.3. The van der Waals surface area contributed by atoms with Crippen LogP contribution in [0, 0.1) is 11.8 Å². The van der Waals surface area contributed by atoms with Crippen LogP contribution in [0.25, 0.3) is 0 Å². The summed E-state index contributed by atoms with van der Waals surface area (Å²) >= 11 is 2.00. The molecule has 0 aromatic carbocycles. The van der Waals surface area contributed by atoms with Gasteiger partial charge in [-0.3, -0.25) is 4.79 Å². The smallest absolute Gasteiger partial charge is 0.223 e. The van der Waals surface area contributed by atoms with Crippen molar-refractivity contribution in [3.8, 4) is 0 Å². The maximum atomic E-state index is 11.8. The Morgan fingerprint density at radius 2 is 2.27 bits per heavy atom. The molecule has 15 heavy (non-hydrogen) atoms. The number of carbonyl (C=O) groups is 1. The first-order chi connectivity index (χ1) is 7.25. The molecular formula is C11H20N2OS. The molecule has 0 bridgehead atoms. The molecule has 0 radical (unpaired) electrons. The van der Waals surface area contributed by atoms with E-state index >= 15 is 0 Å². The van der Waals surface area contributed by atoms with Crippen LogP contribution in [-0.2, 0) is 4.79 Å². The van der Waals surface area contributed by atoms with Crippen molar-refractivity contribution in [3.05, 3.63) is 0 Å². The average Bonchev–Trinajstić information content (AvgIpc) is 2.84. The second-order valence-electron chi connectivity index (χ2n) is 4.74. The van der Waals surface area contributed by atoms with Crippen LogP contribution in [0.2, 0.25) is 0 Å². The van der Waals surface area contributed by atoms with Gasteiger partial charge in [0.1, 0.15) is 0 Å². The van der Waals surface area contributed by atoms with Crippen LogP contribution in [0.15, 0.2) is 0 Å². The zero-order chi connectivity index (χ0) is 10.7. The maximum absolute atomic E-state index is 11.8. The SMILES string of the molecule is NC1CCC(C(=O)NCC2CCSC2)C1. The predicted molar refractivity (Wildman–Crippen MR) is 63.8 cm³/mol. The van der Waals surface area contributed by atoms with Crippen molar-refractivity contribution in [2.45, 2.75) is 31.7 Å². The van der Waals surface area contributed by atoms with E-state index in [0.717, 1.165) is 25.8 Å². The Hall–Kier alpha value is -0.220. The molecule has 1 amide bonds. The molecule has 0 spiro atoms. The van der Waals surface area contributed by atoms with Crippen molar-refractivity contribution in [2.75, 3.05) is 18.1 Å². The summed E-state index contributed by atoms with van der Waals surface area (Å²) < 4.78 is 0. The minimum atomic E-state index is 0.189. The normalized spacial score (nSPS) is 35.7. The van der Waals surface area contributed by atoms with Gasteiger partial charge in [-0.05, 0) is 43.1 Å². The Morgan fingerprint density at radius 1 is 1.40 bits per heavy atom. The van der Waals surface area contributed by atoms with E-state index < -0.39 is 0 Å². The van der Waals surface area contributed by atoms with Gasteiger partial charge in [0, 0.05) is 18.5 Å². The third-order valence-electron chi connectivity index (χ3n) is 3.43. The van der Waals surface area contributed by atoms with Crippen molar-refractivity contribution >= 4 is 17.7 Å². The monoisotopic (exact) mass is 228 g/mol. The molecule has 1 saturated carbocycles. The summed E-state index contributed by atoms with van der Waals surface area (Å²) in [7, 11) is 0. The van der Waals surface area contributed by atoms with Crippen molar-refractivity contribution in [3.63, 3.8) is 0 Å². The van der Waals surface area contributed by atoms with Gasteiger partial charge in [0.15, 0.2) is 0 Å². The molecule has 3 N–H and O–H groups in total. The number of nitrogens with two attached hydrogens (primary N) is 1. The molecule has 1 saturated heterocycles. The van der Waals surface area contributed by atoms with Crippen LogP contribution >= 0.6 is 11.8 Å². The summed E-state index contributed by atoms with van der Waals surface area (Å²) in [6.45, 7) is 0.873. The van der Waals surface area contributed by atoms with Crippen molar-refractivity contribution in [2.24, 2.45) is 17.6 Å². The molecule has 3 nitrogen and oxygen atoms in total. The minimum absolute atomic E-state index is 0.189. The Bertz CT molecular complexity index is 229. The Kier molecular flexibility index (Phi) is 3.92. The highest BCUT2D eigenvalue weighted by Crippen LogP contribution is 2.25. The van der Waals surface area contributed by atoms with Crippen LogP contribution in [0.1, 0.15) is 25.7 Å². The molecular weight excluding hydrogens is 208 g/mol. The predicted octanol–water partition coefficient (Wildman–Crippen LogP) is 0.983. The molecule has 1 aliphatic carbocycles. The zero-order valence-corrected chi connectivity index (χ0v) is 9.89. The van der Waals surface area contributed by atoms with E-state index in [4.69, 9.17) is 5.73 Å². The third kappa shape index (κ3) is 3.11. The first-order valence-corrected chi connectivity index (χ1v) is 7.02. The lowest BCUT2D eigenvalue weighted by molar-refractivity contribution is -0.124. The van der Waals surface area contributed by atoms with Crippen LogP contribution in [0.3, 0.4) is 0 Å². The Labute approximate surface area is 95.6 Å². The van der Waals surface area contributed by atoms with Gasteiger partial charge in [-0.25, -0.2) is 0 Å². The van der Waals surface area contributed by atoms with E-state index in [0.29, 0.717) is 5.92 Å². The number of amides is 1. The van der Waals surface area contributed by atoms with Gasteiger partial charge >= 0.3 is 0 Å². The van der Waals surface area contributed by atoms with E-state index in [1.807, 2.05) is 11.8 Å². The van der Waals surface area contributed by atoms with Crippen molar-refractivity contribution in [1.82, 2.24) is 5.32 Å². The van der Waals surface area contributed by atoms with Gasteiger partial charge in [0.2, 0.25) is 5.91 Å². The fourth-order valence-electron chi connectivity index (χ4n) is 2.39. The van der Waals surface area contributed by atoms with Crippen molar-refractivity contribution < 1.29 is 4.79 Å². The van der Waals surface area contributed by atoms with Crippen LogP contribution in [0.5, 0.6) is 0 Å². The molecule has 3 unspecified atom stereocenters. The van der Waals surface area contributed by atoms with Crippen LogP contribution in [0.4, 0.5) is 0 Å². The van der Waals surface area contributed by atoms with E-state index in [1.165, 1.54) is 17.9 Å². The highest BCUT2D eigenvalue weighted by Gasteiger charge is 2.28. The number of hydrogen-bond donors (Lipinski definition) is 2. The van der Waals surface area contributed by atoms with Gasteiger partial charge in [-0.2, -0.15) is 11.8 Å². The van der Waals surface area contributed by atoms with E-state index in [9.17, 15) is 4.79 Å². The van der Waals surface area contributed by atoms with E-state index in [2.05, 4.69) is 5.32 Å². The third-order valence-corrected chi connectivity index (χ3v) is 4.66. The highest BCUT2D eigenvalue weighted by atomic mass is 32.2. The molecule has 1 aliphatic heterocycles. The van der Waals surface area contributed by atoms with E-state index in [-0.39, 0.29) is 17.9 Å². The Balaban J connectivity index is 1.67. The van der Waals surface area contributed by atoms with Gasteiger partial charge in [0.25, 0.3) is 0 Å². The number of hydrogen-bond acceptors (Lipinski definition) is 3. The van der Waals surface area contributed by atoms with Gasteiger partial charge < -0.3 is 11.1 Å². The van der Waals surface area contributed by atoms with Crippen LogP contribution in [-0.4, -0.2) is 30.0 Å². The van der Waals surface area contributed by atoms with E-state index in [1.54, 1.807) is 0 Å². The molecule has 2 fully saturated rings. The average molecular weight is 228 g/mol. The lowest BCUT2D eigenvalue weighted by atomic mass is 10.1. The quantitative estimate of drug-likeness (QED) is 0.757. The molecule has 3 atom stereocenters. The zero-order valence-electron chi connectivity index (χ0n) is 9.08. The Morgan fingerprint density at radius 3 is 2.87 bits per heavy atom. The highest BCUT2D eigenvalue weighted by molar-refractivity contribution is 7.99. The molecule has 0 aromatic rings. The van der Waals surface area contributed by atoms with Crippen LogP contribution < -0.4 is 11.1 Å². The van der Waals surface area contributed by atoms with Gasteiger partial charge in [-0.15, -0.1) is 0 Å². The lowest BCUT2D eigenvalue weighted by Gasteiger charge is -2.13. The topological polar surface area (TPSA) is 55.1 Å². The summed E-state index contributed by atoms with van der Waals surface area (Å²) in [5.74, 6) is 3.60. The summed E-state index contributed by atoms with van der Waals surface area (Å²) in [6, 6.07) is 0.253. The fourth-order valence-corrected chi connectivity index (χ4v) is 3.67. The van der Waals surface area contributed by atoms with Gasteiger partial charge in [0.05, 0.1) is 0 Å². The molecule has 2 aliphatic rings. The fraction of sp³-hybridized carbons (Fsp3) is 0.909. The standard InChI is InChI=1S/C11H20N2OS/c12-10-2-1-9(5-10)11(14)13-6-8-3-4-15-7-8/h8-10H,1-7,12H2,(H,13,14). The first-order valence-electron chi connectivity index (χ1n) is 5.86. The molecule has 0 aromatic heterocycles. The number of carbonyl (C=O) groups excluding carboxylic acids is 1. The molecule has 4 heteroatoms. The second kappa shape index (κ2) is 5.21. The molecule has 86 valence electrons. The van der Waals surface area contributed by atoms with Gasteiger partial charge in [-0.1, -0.05) is 0 Å².